The number of hydrogen-bond acceptors (Lipinski definition) is 3. The van der Waals surface area contributed by atoms with E-state index in [1.54, 1.807) is 13.8 Å². The highest BCUT2D eigenvalue weighted by Gasteiger charge is 2.10. The fourth-order valence-electron chi connectivity index (χ4n) is 0.734. The van der Waals surface area contributed by atoms with Crippen LogP contribution in [-0.4, -0.2) is 15.2 Å². The van der Waals surface area contributed by atoms with Gasteiger partial charge in [0.25, 0.3) is 0 Å². The minimum atomic E-state index is -0.175. The standard InChI is InChI=1S/C7H8BrNO2/c1-3-4(2)9-7(11)5(8)6(3)10/h1-2H3,(H2,9,10,11). The smallest absolute Gasteiger partial charge is 0.229 e. The third-order valence-electron chi connectivity index (χ3n) is 1.58. The molecule has 0 unspecified atom stereocenters. The van der Waals surface area contributed by atoms with E-state index in [4.69, 9.17) is 5.11 Å². The normalized spacial score (nSPS) is 10.1. The lowest BCUT2D eigenvalue weighted by atomic mass is 10.2. The molecule has 0 atom stereocenters. The Labute approximate surface area is 72.8 Å². The lowest BCUT2D eigenvalue weighted by Crippen LogP contribution is -1.88. The Morgan fingerprint density at radius 2 is 1.82 bits per heavy atom. The zero-order chi connectivity index (χ0) is 8.59. The molecule has 1 aromatic heterocycles. The molecule has 11 heavy (non-hydrogen) atoms. The van der Waals surface area contributed by atoms with Crippen molar-refractivity contribution in [3.05, 3.63) is 15.7 Å². The monoisotopic (exact) mass is 217 g/mol. The molecule has 0 amide bonds. The van der Waals surface area contributed by atoms with Gasteiger partial charge in [-0.1, -0.05) is 0 Å². The fourth-order valence-corrected chi connectivity index (χ4v) is 1.12. The average molecular weight is 218 g/mol. The maximum absolute atomic E-state index is 9.32. The van der Waals surface area contributed by atoms with Gasteiger partial charge in [-0.25, -0.2) is 4.98 Å². The Kier molecular flexibility index (Phi) is 2.04. The maximum Gasteiger partial charge on any atom is 0.229 e. The van der Waals surface area contributed by atoms with Gasteiger partial charge in [-0.3, -0.25) is 0 Å². The van der Waals surface area contributed by atoms with Crippen LogP contribution in [0.2, 0.25) is 0 Å². The maximum atomic E-state index is 9.32. The Balaban J connectivity index is 3.46. The Hall–Kier alpha value is -0.770. The Morgan fingerprint density at radius 3 is 2.36 bits per heavy atom. The van der Waals surface area contributed by atoms with Gasteiger partial charge in [0.05, 0.1) is 0 Å². The van der Waals surface area contributed by atoms with Crippen molar-refractivity contribution in [1.29, 1.82) is 0 Å². The first kappa shape index (κ1) is 8.33. The molecule has 0 saturated carbocycles. The number of aryl methyl sites for hydroxylation is 1. The summed E-state index contributed by atoms with van der Waals surface area (Å²) in [4.78, 5) is 3.78. The molecule has 1 heterocycles. The van der Waals surface area contributed by atoms with Gasteiger partial charge in [-0.15, -0.1) is 0 Å². The molecule has 0 spiro atoms. The average Bonchev–Trinajstić information content (AvgIpc) is 1.97. The summed E-state index contributed by atoms with van der Waals surface area (Å²) in [6.07, 6.45) is 0. The summed E-state index contributed by atoms with van der Waals surface area (Å²) < 4.78 is 0.251. The van der Waals surface area contributed by atoms with E-state index < -0.39 is 0 Å². The quantitative estimate of drug-likeness (QED) is 0.698. The van der Waals surface area contributed by atoms with Gasteiger partial charge in [0, 0.05) is 11.3 Å². The van der Waals surface area contributed by atoms with E-state index in [0.29, 0.717) is 11.3 Å². The second-order valence-corrected chi connectivity index (χ2v) is 3.10. The van der Waals surface area contributed by atoms with Crippen LogP contribution in [0.15, 0.2) is 4.47 Å². The topological polar surface area (TPSA) is 53.4 Å². The molecule has 0 aliphatic heterocycles. The van der Waals surface area contributed by atoms with Crippen molar-refractivity contribution in [2.45, 2.75) is 13.8 Å². The van der Waals surface area contributed by atoms with Crippen molar-refractivity contribution in [2.75, 3.05) is 0 Å². The minimum Gasteiger partial charge on any atom is -0.506 e. The van der Waals surface area contributed by atoms with E-state index in [9.17, 15) is 5.11 Å². The molecule has 0 aliphatic rings. The molecule has 3 nitrogen and oxygen atoms in total. The van der Waals surface area contributed by atoms with E-state index in [1.807, 2.05) is 0 Å². The molecule has 0 radical (unpaired) electrons. The fraction of sp³-hybridized carbons (Fsp3) is 0.286. The lowest BCUT2D eigenvalue weighted by Gasteiger charge is -2.05. The summed E-state index contributed by atoms with van der Waals surface area (Å²) >= 11 is 3.00. The van der Waals surface area contributed by atoms with Crippen LogP contribution in [-0.2, 0) is 0 Å². The number of hydrogen-bond donors (Lipinski definition) is 2. The van der Waals surface area contributed by atoms with Crippen molar-refractivity contribution < 1.29 is 10.2 Å². The van der Waals surface area contributed by atoms with Crippen molar-refractivity contribution in [3.63, 3.8) is 0 Å². The Bertz CT molecular complexity index is 273. The first-order chi connectivity index (χ1) is 5.04. The van der Waals surface area contributed by atoms with Gasteiger partial charge in [0.1, 0.15) is 10.2 Å². The molecule has 0 bridgehead atoms. The predicted molar refractivity (Wildman–Crippen MR) is 44.7 cm³/mol. The number of pyridine rings is 1. The first-order valence-corrected chi connectivity index (χ1v) is 3.88. The third kappa shape index (κ3) is 1.30. The zero-order valence-electron chi connectivity index (χ0n) is 6.22. The SMILES string of the molecule is Cc1nc(O)c(Br)c(O)c1C. The summed E-state index contributed by atoms with van der Waals surface area (Å²) in [6, 6.07) is 0. The number of aromatic hydroxyl groups is 2. The first-order valence-electron chi connectivity index (χ1n) is 3.08. The zero-order valence-corrected chi connectivity index (χ0v) is 7.81. The largest absolute Gasteiger partial charge is 0.506 e. The molecule has 4 heteroatoms. The number of halogens is 1. The summed E-state index contributed by atoms with van der Waals surface area (Å²) in [6.45, 7) is 3.46. The van der Waals surface area contributed by atoms with Crippen LogP contribution in [0, 0.1) is 13.8 Å². The van der Waals surface area contributed by atoms with Crippen LogP contribution in [0.5, 0.6) is 11.6 Å². The van der Waals surface area contributed by atoms with Gasteiger partial charge in [0.2, 0.25) is 5.88 Å². The number of aromatic nitrogens is 1. The van der Waals surface area contributed by atoms with Crippen molar-refractivity contribution >= 4 is 15.9 Å². The molecule has 0 aromatic carbocycles. The van der Waals surface area contributed by atoms with E-state index in [0.717, 1.165) is 0 Å². The number of nitrogens with zero attached hydrogens (tertiary/aromatic N) is 1. The summed E-state index contributed by atoms with van der Waals surface area (Å²) in [5.41, 5.74) is 1.30. The molecule has 0 fully saturated rings. The van der Waals surface area contributed by atoms with Crippen molar-refractivity contribution in [1.82, 2.24) is 4.98 Å². The molecule has 0 aliphatic carbocycles. The van der Waals surface area contributed by atoms with Crippen LogP contribution < -0.4 is 0 Å². The van der Waals surface area contributed by atoms with Crippen molar-refractivity contribution in [3.8, 4) is 11.6 Å². The van der Waals surface area contributed by atoms with Crippen LogP contribution >= 0.6 is 15.9 Å². The highest BCUT2D eigenvalue weighted by atomic mass is 79.9. The van der Waals surface area contributed by atoms with E-state index in [1.165, 1.54) is 0 Å². The van der Waals surface area contributed by atoms with Gasteiger partial charge in [0.15, 0.2) is 0 Å². The van der Waals surface area contributed by atoms with E-state index >= 15 is 0 Å². The molecular formula is C7H8BrNO2. The minimum absolute atomic E-state index is 0.0509. The van der Waals surface area contributed by atoms with Crippen LogP contribution in [0.3, 0.4) is 0 Å². The molecule has 60 valence electrons. The van der Waals surface area contributed by atoms with Crippen LogP contribution in [0.4, 0.5) is 0 Å². The van der Waals surface area contributed by atoms with Crippen molar-refractivity contribution in [2.24, 2.45) is 0 Å². The molecule has 2 N–H and O–H groups in total. The summed E-state index contributed by atoms with van der Waals surface area (Å²) in [5, 5.41) is 18.4. The van der Waals surface area contributed by atoms with Gasteiger partial charge >= 0.3 is 0 Å². The molecule has 1 rings (SSSR count). The highest BCUT2D eigenvalue weighted by molar-refractivity contribution is 9.10. The van der Waals surface area contributed by atoms with Gasteiger partial charge < -0.3 is 10.2 Å². The molecular weight excluding hydrogens is 210 g/mol. The van der Waals surface area contributed by atoms with Gasteiger partial charge in [-0.05, 0) is 29.8 Å². The third-order valence-corrected chi connectivity index (χ3v) is 2.31. The van der Waals surface area contributed by atoms with Crippen LogP contribution in [0.25, 0.3) is 0 Å². The molecule has 1 aromatic rings. The Morgan fingerprint density at radius 1 is 1.27 bits per heavy atom. The predicted octanol–water partition coefficient (Wildman–Crippen LogP) is 1.87. The lowest BCUT2D eigenvalue weighted by molar-refractivity contribution is 0.424. The van der Waals surface area contributed by atoms with Crippen LogP contribution in [0.1, 0.15) is 11.3 Å². The van der Waals surface area contributed by atoms with Gasteiger partial charge in [-0.2, -0.15) is 0 Å². The second kappa shape index (κ2) is 2.70. The number of rotatable bonds is 0. The summed E-state index contributed by atoms with van der Waals surface area (Å²) in [7, 11) is 0. The molecule has 0 saturated heterocycles. The second-order valence-electron chi connectivity index (χ2n) is 2.31. The van der Waals surface area contributed by atoms with E-state index in [-0.39, 0.29) is 16.1 Å². The summed E-state index contributed by atoms with van der Waals surface area (Å²) in [5.74, 6) is -0.124. The van der Waals surface area contributed by atoms with E-state index in [2.05, 4.69) is 20.9 Å². The highest BCUT2D eigenvalue weighted by Crippen LogP contribution is 2.34.